The number of sulfonamides is 1. The van der Waals surface area contributed by atoms with Gasteiger partial charge in [-0.25, -0.2) is 8.42 Å². The maximum Gasteiger partial charge on any atom is 0.324 e. The van der Waals surface area contributed by atoms with Crippen molar-refractivity contribution in [3.05, 3.63) is 11.2 Å². The number of nitrogens with one attached hydrogen (secondary N) is 1. The molecule has 1 fully saturated rings. The molecule has 0 bridgehead atoms. The number of rotatable bonds is 4. The molecule has 9 heteroatoms. The fraction of sp³-hybridized carbons (Fsp3) is 0.556. The molecule has 2 rings (SSSR count). The van der Waals surface area contributed by atoms with Gasteiger partial charge in [0.1, 0.15) is 5.54 Å². The average molecular weight is 294 g/mol. The summed E-state index contributed by atoms with van der Waals surface area (Å²) < 4.78 is 27.6. The Morgan fingerprint density at radius 3 is 2.56 bits per heavy atom. The van der Waals surface area contributed by atoms with Crippen LogP contribution in [-0.2, 0) is 21.9 Å². The Bertz CT molecular complexity index is 571. The highest BCUT2D eigenvalue weighted by Crippen LogP contribution is 2.34. The van der Waals surface area contributed by atoms with Crippen molar-refractivity contribution in [2.75, 3.05) is 0 Å². The highest BCUT2D eigenvalue weighted by molar-refractivity contribution is 7.89. The number of carboxylic acid groups (broad SMARTS) is 1. The molecular weight excluding hydrogens is 282 g/mol. The van der Waals surface area contributed by atoms with Crippen molar-refractivity contribution in [3.63, 3.8) is 0 Å². The smallest absolute Gasteiger partial charge is 0.324 e. The van der Waals surface area contributed by atoms with Crippen molar-refractivity contribution in [3.8, 4) is 0 Å². The molecule has 0 amide bonds. The van der Waals surface area contributed by atoms with Gasteiger partial charge in [0.2, 0.25) is 0 Å². The molecule has 0 saturated heterocycles. The Kier molecular flexibility index (Phi) is 3.12. The molecule has 0 radical (unpaired) electrons. The van der Waals surface area contributed by atoms with Crippen LogP contribution in [0.4, 0.5) is 0 Å². The van der Waals surface area contributed by atoms with Crippen LogP contribution in [0.5, 0.6) is 0 Å². The lowest BCUT2D eigenvalue weighted by Crippen LogP contribution is -2.59. The van der Waals surface area contributed by atoms with Crippen LogP contribution in [0.15, 0.2) is 11.2 Å². The molecule has 1 aliphatic carbocycles. The molecule has 0 aliphatic heterocycles. The number of aryl methyl sites for hydroxylation is 1. The minimum absolute atomic E-state index is 0.0372. The van der Waals surface area contributed by atoms with Gasteiger partial charge in [-0.1, -0.05) is 11.6 Å². The molecule has 2 N–H and O–H groups in total. The number of carbonyl (C=O) groups is 1. The van der Waals surface area contributed by atoms with Crippen molar-refractivity contribution in [2.45, 2.75) is 29.8 Å². The molecule has 7 nitrogen and oxygen atoms in total. The molecule has 18 heavy (non-hydrogen) atoms. The second kappa shape index (κ2) is 4.22. The zero-order valence-corrected chi connectivity index (χ0v) is 11.1. The summed E-state index contributed by atoms with van der Waals surface area (Å²) in [6.45, 7) is 0. The minimum Gasteiger partial charge on any atom is -0.480 e. The zero-order chi connectivity index (χ0) is 13.6. The molecule has 0 atom stereocenters. The maximum absolute atomic E-state index is 12.1. The number of hydrogen-bond donors (Lipinski definition) is 2. The lowest BCUT2D eigenvalue weighted by Gasteiger charge is -2.37. The van der Waals surface area contributed by atoms with Gasteiger partial charge in [0, 0.05) is 7.05 Å². The Morgan fingerprint density at radius 1 is 1.61 bits per heavy atom. The van der Waals surface area contributed by atoms with E-state index in [1.165, 1.54) is 13.2 Å². The van der Waals surface area contributed by atoms with Gasteiger partial charge in [-0.3, -0.25) is 9.48 Å². The standard InChI is InChI=1S/C9H12ClN3O4S/c1-13-7(6(10)5-11-13)18(16,17)12-9(8(14)15)3-2-4-9/h5,12H,2-4H2,1H3,(H,14,15). The average Bonchev–Trinajstić information content (AvgIpc) is 2.52. The van der Waals surface area contributed by atoms with Gasteiger partial charge in [-0.05, 0) is 19.3 Å². The molecule has 0 spiro atoms. The van der Waals surface area contributed by atoms with E-state index in [-0.39, 0.29) is 22.9 Å². The van der Waals surface area contributed by atoms with Gasteiger partial charge in [0.05, 0.1) is 11.2 Å². The number of carboxylic acids is 1. The normalized spacial score (nSPS) is 18.3. The van der Waals surface area contributed by atoms with Crippen molar-refractivity contribution in [2.24, 2.45) is 7.05 Å². The van der Waals surface area contributed by atoms with E-state index < -0.39 is 21.5 Å². The van der Waals surface area contributed by atoms with Gasteiger partial charge in [-0.15, -0.1) is 0 Å². The van der Waals surface area contributed by atoms with E-state index in [1.54, 1.807) is 0 Å². The van der Waals surface area contributed by atoms with Crippen LogP contribution in [0.1, 0.15) is 19.3 Å². The van der Waals surface area contributed by atoms with Crippen molar-refractivity contribution < 1.29 is 18.3 Å². The first-order valence-electron chi connectivity index (χ1n) is 5.23. The lowest BCUT2D eigenvalue weighted by atomic mass is 9.78. The van der Waals surface area contributed by atoms with Crippen molar-refractivity contribution in [1.82, 2.24) is 14.5 Å². The molecule has 0 aromatic carbocycles. The number of hydrogen-bond acceptors (Lipinski definition) is 4. The van der Waals surface area contributed by atoms with Crippen LogP contribution < -0.4 is 4.72 Å². The zero-order valence-electron chi connectivity index (χ0n) is 9.55. The summed E-state index contributed by atoms with van der Waals surface area (Å²) in [5, 5.41) is 12.6. The van der Waals surface area contributed by atoms with Crippen LogP contribution in [0, 0.1) is 0 Å². The number of nitrogens with zero attached hydrogens (tertiary/aromatic N) is 2. The summed E-state index contributed by atoms with van der Waals surface area (Å²) in [5.74, 6) is -1.17. The second-order valence-electron chi connectivity index (χ2n) is 4.27. The lowest BCUT2D eigenvalue weighted by molar-refractivity contribution is -0.147. The van der Waals surface area contributed by atoms with Crippen LogP contribution in [-0.4, -0.2) is 34.8 Å². The van der Waals surface area contributed by atoms with Gasteiger partial charge in [0.25, 0.3) is 10.0 Å². The molecule has 1 heterocycles. The molecule has 1 aromatic heterocycles. The fourth-order valence-electron chi connectivity index (χ4n) is 1.90. The van der Waals surface area contributed by atoms with Gasteiger partial charge < -0.3 is 5.11 Å². The van der Waals surface area contributed by atoms with E-state index >= 15 is 0 Å². The summed E-state index contributed by atoms with van der Waals surface area (Å²) in [6, 6.07) is 0. The van der Waals surface area contributed by atoms with E-state index in [1.807, 2.05) is 0 Å². The second-order valence-corrected chi connectivity index (χ2v) is 6.27. The summed E-state index contributed by atoms with van der Waals surface area (Å²) in [5.41, 5.74) is -1.41. The SMILES string of the molecule is Cn1ncc(Cl)c1S(=O)(=O)NC1(C(=O)O)CCC1. The predicted octanol–water partition coefficient (Wildman–Crippen LogP) is 0.359. The largest absolute Gasteiger partial charge is 0.480 e. The third kappa shape index (κ3) is 2.00. The van der Waals surface area contributed by atoms with Crippen molar-refractivity contribution in [1.29, 1.82) is 0 Å². The molecule has 1 aliphatic rings. The maximum atomic E-state index is 12.1. The number of aromatic nitrogens is 2. The third-order valence-corrected chi connectivity index (χ3v) is 5.08. The first-order chi connectivity index (χ1) is 8.28. The Balaban J connectivity index is 2.36. The van der Waals surface area contributed by atoms with E-state index in [9.17, 15) is 13.2 Å². The summed E-state index contributed by atoms with van der Waals surface area (Å²) in [4.78, 5) is 11.1. The summed E-state index contributed by atoms with van der Waals surface area (Å²) in [7, 11) is -2.58. The minimum atomic E-state index is -4.00. The van der Waals surface area contributed by atoms with E-state index in [2.05, 4.69) is 9.82 Å². The first-order valence-corrected chi connectivity index (χ1v) is 7.09. The van der Waals surface area contributed by atoms with E-state index in [0.717, 1.165) is 4.68 Å². The number of aliphatic carboxylic acids is 1. The molecule has 0 unspecified atom stereocenters. The monoisotopic (exact) mass is 293 g/mol. The van der Waals surface area contributed by atoms with Gasteiger partial charge >= 0.3 is 5.97 Å². The Labute approximate surface area is 109 Å². The topological polar surface area (TPSA) is 101 Å². The van der Waals surface area contributed by atoms with E-state index in [4.69, 9.17) is 16.7 Å². The summed E-state index contributed by atoms with van der Waals surface area (Å²) >= 11 is 5.75. The number of halogens is 1. The molecule has 1 saturated carbocycles. The highest BCUT2D eigenvalue weighted by Gasteiger charge is 2.48. The van der Waals surface area contributed by atoms with Gasteiger partial charge in [0.15, 0.2) is 5.03 Å². The summed E-state index contributed by atoms with van der Waals surface area (Å²) in [6.07, 6.45) is 2.42. The highest BCUT2D eigenvalue weighted by atomic mass is 35.5. The molecule has 1 aromatic rings. The Hall–Kier alpha value is -1.12. The Morgan fingerprint density at radius 2 is 2.22 bits per heavy atom. The fourth-order valence-corrected chi connectivity index (χ4v) is 3.97. The molecule has 100 valence electrons. The first kappa shape index (κ1) is 13.3. The van der Waals surface area contributed by atoms with E-state index in [0.29, 0.717) is 6.42 Å². The predicted molar refractivity (Wildman–Crippen MR) is 62.8 cm³/mol. The van der Waals surface area contributed by atoms with Crippen LogP contribution >= 0.6 is 11.6 Å². The quantitative estimate of drug-likeness (QED) is 0.834. The van der Waals surface area contributed by atoms with Crippen LogP contribution in [0.25, 0.3) is 0 Å². The molecular formula is C9H12ClN3O4S. The third-order valence-electron chi connectivity index (χ3n) is 3.04. The van der Waals surface area contributed by atoms with Crippen LogP contribution in [0.3, 0.4) is 0 Å². The van der Waals surface area contributed by atoms with Crippen molar-refractivity contribution >= 4 is 27.6 Å². The van der Waals surface area contributed by atoms with Crippen LogP contribution in [0.2, 0.25) is 5.02 Å². The van der Waals surface area contributed by atoms with Gasteiger partial charge in [-0.2, -0.15) is 9.82 Å².